The first-order chi connectivity index (χ1) is 8.56. The van der Waals surface area contributed by atoms with Crippen molar-refractivity contribution in [1.82, 2.24) is 9.97 Å². The van der Waals surface area contributed by atoms with E-state index in [1.54, 1.807) is 13.0 Å². The maximum absolute atomic E-state index is 11.9. The van der Waals surface area contributed by atoms with Crippen LogP contribution in [-0.2, 0) is 0 Å². The van der Waals surface area contributed by atoms with Crippen LogP contribution in [0.3, 0.4) is 0 Å². The number of carbonyl (C=O) groups excluding carboxylic acids is 1. The molecule has 6 heteroatoms. The van der Waals surface area contributed by atoms with Crippen LogP contribution < -0.4 is 10.9 Å². The predicted molar refractivity (Wildman–Crippen MR) is 69.0 cm³/mol. The van der Waals surface area contributed by atoms with Crippen molar-refractivity contribution >= 4 is 23.2 Å². The van der Waals surface area contributed by atoms with Crippen molar-refractivity contribution < 1.29 is 4.79 Å². The van der Waals surface area contributed by atoms with E-state index in [1.165, 1.54) is 24.5 Å². The molecule has 92 valence electrons. The molecule has 2 N–H and O–H groups in total. The molecule has 2 heterocycles. The van der Waals surface area contributed by atoms with Crippen LogP contribution in [0.25, 0.3) is 0 Å². The zero-order valence-electron chi connectivity index (χ0n) is 9.53. The van der Waals surface area contributed by atoms with Crippen LogP contribution >= 0.6 is 11.6 Å². The highest BCUT2D eigenvalue weighted by atomic mass is 35.5. The Kier molecular flexibility index (Phi) is 3.43. The smallest absolute Gasteiger partial charge is 0.255 e. The molecule has 18 heavy (non-hydrogen) atoms. The van der Waals surface area contributed by atoms with Crippen LogP contribution in [0, 0.1) is 6.92 Å². The highest BCUT2D eigenvalue weighted by Crippen LogP contribution is 2.17. The normalized spacial score (nSPS) is 10.1. The Balaban J connectivity index is 2.24. The van der Waals surface area contributed by atoms with Crippen molar-refractivity contribution in [3.63, 3.8) is 0 Å². The van der Waals surface area contributed by atoms with Gasteiger partial charge in [-0.25, -0.2) is 4.98 Å². The van der Waals surface area contributed by atoms with Gasteiger partial charge in [-0.3, -0.25) is 9.59 Å². The number of aromatic nitrogens is 2. The van der Waals surface area contributed by atoms with E-state index >= 15 is 0 Å². The van der Waals surface area contributed by atoms with Crippen molar-refractivity contribution in [2.24, 2.45) is 0 Å². The standard InChI is InChI=1S/C12H10ClN3O2/c1-7-4-10(13)15-6-9(7)16-12(18)8-2-3-14-11(17)5-8/h2-6H,1H3,(H,14,17)(H,16,18). The van der Waals surface area contributed by atoms with Crippen molar-refractivity contribution in [3.8, 4) is 0 Å². The lowest BCUT2D eigenvalue weighted by Crippen LogP contribution is -2.16. The fraction of sp³-hybridized carbons (Fsp3) is 0.0833. The molecule has 0 fully saturated rings. The van der Waals surface area contributed by atoms with E-state index in [1.807, 2.05) is 0 Å². The molecule has 0 aliphatic rings. The molecule has 5 nitrogen and oxygen atoms in total. The van der Waals surface area contributed by atoms with Crippen LogP contribution in [-0.4, -0.2) is 15.9 Å². The molecular weight excluding hydrogens is 254 g/mol. The molecule has 2 aromatic heterocycles. The van der Waals surface area contributed by atoms with Crippen molar-refractivity contribution in [3.05, 3.63) is 57.2 Å². The molecule has 0 atom stereocenters. The second kappa shape index (κ2) is 5.01. The first-order valence-electron chi connectivity index (χ1n) is 5.18. The molecule has 0 aromatic carbocycles. The van der Waals surface area contributed by atoms with Crippen LogP contribution in [0.2, 0.25) is 5.15 Å². The molecule has 0 radical (unpaired) electrons. The average molecular weight is 264 g/mol. The number of nitrogens with one attached hydrogen (secondary N) is 2. The van der Waals surface area contributed by atoms with Crippen molar-refractivity contribution in [2.75, 3.05) is 5.32 Å². The summed E-state index contributed by atoms with van der Waals surface area (Å²) < 4.78 is 0. The molecule has 0 spiro atoms. The minimum Gasteiger partial charge on any atom is -0.329 e. The fourth-order valence-electron chi connectivity index (χ4n) is 1.43. The molecule has 0 bridgehead atoms. The van der Waals surface area contributed by atoms with E-state index in [0.717, 1.165) is 5.56 Å². The first-order valence-corrected chi connectivity index (χ1v) is 5.56. The Labute approximate surface area is 108 Å². The Hall–Kier alpha value is -2.14. The number of halogens is 1. The van der Waals surface area contributed by atoms with Gasteiger partial charge in [0, 0.05) is 17.8 Å². The molecule has 0 aliphatic carbocycles. The number of amides is 1. The van der Waals surface area contributed by atoms with Gasteiger partial charge in [-0.05, 0) is 24.6 Å². The van der Waals surface area contributed by atoms with Crippen LogP contribution in [0.15, 0.2) is 35.4 Å². The lowest BCUT2D eigenvalue weighted by atomic mass is 10.2. The van der Waals surface area contributed by atoms with Gasteiger partial charge >= 0.3 is 0 Å². The van der Waals surface area contributed by atoms with Gasteiger partial charge in [0.2, 0.25) is 5.56 Å². The number of hydrogen-bond acceptors (Lipinski definition) is 3. The van der Waals surface area contributed by atoms with Crippen molar-refractivity contribution in [1.29, 1.82) is 0 Å². The SMILES string of the molecule is Cc1cc(Cl)ncc1NC(=O)c1cc[nH]c(=O)c1. The van der Waals surface area contributed by atoms with Crippen LogP contribution in [0.5, 0.6) is 0 Å². The molecule has 0 saturated heterocycles. The molecule has 0 unspecified atom stereocenters. The minimum absolute atomic E-state index is 0.285. The van der Waals surface area contributed by atoms with Gasteiger partial charge in [-0.2, -0.15) is 0 Å². The third kappa shape index (κ3) is 2.75. The zero-order chi connectivity index (χ0) is 13.1. The minimum atomic E-state index is -0.367. The van der Waals surface area contributed by atoms with Crippen LogP contribution in [0.4, 0.5) is 5.69 Å². The fourth-order valence-corrected chi connectivity index (χ4v) is 1.65. The number of rotatable bonds is 2. The van der Waals surface area contributed by atoms with E-state index < -0.39 is 0 Å². The molecular formula is C12H10ClN3O2. The number of hydrogen-bond donors (Lipinski definition) is 2. The number of anilines is 1. The number of pyridine rings is 2. The maximum Gasteiger partial charge on any atom is 0.255 e. The maximum atomic E-state index is 11.9. The van der Waals surface area contributed by atoms with E-state index in [4.69, 9.17) is 11.6 Å². The average Bonchev–Trinajstić information content (AvgIpc) is 2.32. The highest BCUT2D eigenvalue weighted by molar-refractivity contribution is 6.29. The quantitative estimate of drug-likeness (QED) is 0.814. The highest BCUT2D eigenvalue weighted by Gasteiger charge is 2.08. The van der Waals surface area contributed by atoms with Gasteiger partial charge < -0.3 is 10.3 Å². The molecule has 0 aliphatic heterocycles. The third-order valence-electron chi connectivity index (χ3n) is 2.36. The molecule has 2 aromatic rings. The van der Waals surface area contributed by atoms with Crippen LogP contribution in [0.1, 0.15) is 15.9 Å². The summed E-state index contributed by atoms with van der Waals surface area (Å²) in [4.78, 5) is 29.3. The van der Waals surface area contributed by atoms with Gasteiger partial charge in [0.05, 0.1) is 11.9 Å². The van der Waals surface area contributed by atoms with E-state index in [-0.39, 0.29) is 17.0 Å². The summed E-state index contributed by atoms with van der Waals surface area (Å²) >= 11 is 5.72. The topological polar surface area (TPSA) is 74.8 Å². The summed E-state index contributed by atoms with van der Waals surface area (Å²) in [6, 6.07) is 4.40. The number of aromatic amines is 1. The second-order valence-corrected chi connectivity index (χ2v) is 4.10. The van der Waals surface area contributed by atoms with Gasteiger partial charge in [0.1, 0.15) is 5.15 Å². The summed E-state index contributed by atoms with van der Waals surface area (Å²) in [5, 5.41) is 3.03. The van der Waals surface area contributed by atoms with E-state index in [2.05, 4.69) is 15.3 Å². The summed E-state index contributed by atoms with van der Waals surface area (Å²) in [5.74, 6) is -0.367. The van der Waals surface area contributed by atoms with Gasteiger partial charge in [0.15, 0.2) is 0 Å². The Morgan fingerprint density at radius 2 is 2.22 bits per heavy atom. The van der Waals surface area contributed by atoms with Gasteiger partial charge in [-0.15, -0.1) is 0 Å². The second-order valence-electron chi connectivity index (χ2n) is 3.72. The number of nitrogens with zero attached hydrogens (tertiary/aromatic N) is 1. The number of H-pyrrole nitrogens is 1. The third-order valence-corrected chi connectivity index (χ3v) is 2.57. The monoisotopic (exact) mass is 263 g/mol. The van der Waals surface area contributed by atoms with Gasteiger partial charge in [-0.1, -0.05) is 11.6 Å². The van der Waals surface area contributed by atoms with Gasteiger partial charge in [0.25, 0.3) is 5.91 Å². The molecule has 2 rings (SSSR count). The predicted octanol–water partition coefficient (Wildman–Crippen LogP) is 1.98. The summed E-state index contributed by atoms with van der Waals surface area (Å²) in [7, 11) is 0. The zero-order valence-corrected chi connectivity index (χ0v) is 10.3. The lowest BCUT2D eigenvalue weighted by Gasteiger charge is -2.07. The Morgan fingerprint density at radius 3 is 2.89 bits per heavy atom. The Morgan fingerprint density at radius 1 is 1.44 bits per heavy atom. The number of aryl methyl sites for hydroxylation is 1. The summed E-state index contributed by atoms with van der Waals surface area (Å²) in [6.45, 7) is 1.81. The Bertz CT molecular complexity index is 652. The largest absolute Gasteiger partial charge is 0.329 e. The lowest BCUT2D eigenvalue weighted by molar-refractivity contribution is 0.102. The molecule has 0 saturated carbocycles. The van der Waals surface area contributed by atoms with Crippen molar-refractivity contribution in [2.45, 2.75) is 6.92 Å². The number of carbonyl (C=O) groups is 1. The summed E-state index contributed by atoms with van der Waals surface area (Å²) in [6.07, 6.45) is 2.90. The molecule has 1 amide bonds. The summed E-state index contributed by atoms with van der Waals surface area (Å²) in [5.41, 5.74) is 1.32. The van der Waals surface area contributed by atoms with E-state index in [0.29, 0.717) is 10.8 Å². The first kappa shape index (κ1) is 12.3. The van der Waals surface area contributed by atoms with E-state index in [9.17, 15) is 9.59 Å².